The van der Waals surface area contributed by atoms with Crippen molar-refractivity contribution in [1.29, 1.82) is 0 Å². The monoisotopic (exact) mass is 316 g/mol. The molecule has 0 radical (unpaired) electrons. The average Bonchev–Trinajstić information content (AvgIpc) is 2.37. The first-order valence-corrected chi connectivity index (χ1v) is 8.68. The van der Waals surface area contributed by atoms with Crippen LogP contribution in [0.3, 0.4) is 0 Å². The second kappa shape index (κ2) is 5.99. The smallest absolute Gasteiger partial charge is 0.331 e. The summed E-state index contributed by atoms with van der Waals surface area (Å²) in [5.74, 6) is 0.0373. The first-order valence-electron chi connectivity index (χ1n) is 7.07. The van der Waals surface area contributed by atoms with Gasteiger partial charge in [-0.2, -0.15) is 0 Å². The molecule has 1 aromatic rings. The minimum Gasteiger partial charge on any atom is -0.508 e. The van der Waals surface area contributed by atoms with Gasteiger partial charge in [-0.15, -0.1) is 0 Å². The van der Waals surface area contributed by atoms with Gasteiger partial charge >= 0.3 is 7.60 Å². The molecule has 0 unspecified atom stereocenters. The van der Waals surface area contributed by atoms with Crippen molar-refractivity contribution >= 4 is 7.60 Å². The van der Waals surface area contributed by atoms with Gasteiger partial charge in [0.15, 0.2) is 0 Å². The zero-order valence-electron chi connectivity index (χ0n) is 13.0. The third kappa shape index (κ3) is 3.60. The number of phenolic OH excluding ortho intramolecular Hbond substituents is 2. The van der Waals surface area contributed by atoms with Gasteiger partial charge in [0, 0.05) is 5.56 Å². The summed E-state index contributed by atoms with van der Waals surface area (Å²) in [6.45, 7) is 7.16. The highest BCUT2D eigenvalue weighted by Gasteiger charge is 2.47. The normalized spacial score (nSPS) is 13.4. The zero-order valence-corrected chi connectivity index (χ0v) is 13.9. The lowest BCUT2D eigenvalue weighted by atomic mass is 9.74. The number of hydrogen-bond donors (Lipinski definition) is 4. The summed E-state index contributed by atoms with van der Waals surface area (Å²) >= 11 is 0. The van der Waals surface area contributed by atoms with E-state index >= 15 is 0 Å². The SMILES string of the molecule is CCC(CC)(CC(C)(C)c1cc(O)ccc1O)P(=O)(O)O. The lowest BCUT2D eigenvalue weighted by Crippen LogP contribution is -2.35. The maximum atomic E-state index is 12.0. The zero-order chi connectivity index (χ0) is 16.5. The number of rotatable bonds is 6. The van der Waals surface area contributed by atoms with Gasteiger partial charge in [-0.3, -0.25) is 4.57 Å². The largest absolute Gasteiger partial charge is 0.508 e. The Morgan fingerprint density at radius 3 is 2.05 bits per heavy atom. The molecule has 0 aliphatic heterocycles. The van der Waals surface area contributed by atoms with Gasteiger partial charge in [0.1, 0.15) is 11.5 Å². The summed E-state index contributed by atoms with van der Waals surface area (Å²) in [7, 11) is -4.29. The third-order valence-corrected chi connectivity index (χ3v) is 6.44. The van der Waals surface area contributed by atoms with Gasteiger partial charge in [-0.1, -0.05) is 27.7 Å². The molecule has 0 heterocycles. The Balaban J connectivity index is 3.30. The second-order valence-corrected chi connectivity index (χ2v) is 8.27. The van der Waals surface area contributed by atoms with Crippen LogP contribution in [-0.4, -0.2) is 25.2 Å². The molecule has 0 aliphatic rings. The fraction of sp³-hybridized carbons (Fsp3) is 0.600. The van der Waals surface area contributed by atoms with E-state index in [1.54, 1.807) is 13.8 Å². The number of aromatic hydroxyl groups is 2. The Bertz CT molecular complexity index is 543. The van der Waals surface area contributed by atoms with Crippen LogP contribution in [0.5, 0.6) is 11.5 Å². The predicted octanol–water partition coefficient (Wildman–Crippen LogP) is 3.50. The van der Waals surface area contributed by atoms with Crippen LogP contribution in [0, 0.1) is 0 Å². The Morgan fingerprint density at radius 2 is 1.62 bits per heavy atom. The topological polar surface area (TPSA) is 98.0 Å². The van der Waals surface area contributed by atoms with E-state index < -0.39 is 18.2 Å². The van der Waals surface area contributed by atoms with Crippen molar-refractivity contribution in [2.45, 2.75) is 57.5 Å². The number of hydrogen-bond acceptors (Lipinski definition) is 3. The van der Waals surface area contributed by atoms with Crippen molar-refractivity contribution in [1.82, 2.24) is 0 Å². The fourth-order valence-corrected chi connectivity index (χ4v) is 4.42. The molecule has 0 amide bonds. The molecule has 21 heavy (non-hydrogen) atoms. The van der Waals surface area contributed by atoms with Gasteiger partial charge in [-0.25, -0.2) is 0 Å². The van der Waals surface area contributed by atoms with E-state index in [9.17, 15) is 24.6 Å². The van der Waals surface area contributed by atoms with Crippen molar-refractivity contribution in [2.24, 2.45) is 0 Å². The second-order valence-electron chi connectivity index (χ2n) is 6.24. The molecule has 0 aromatic heterocycles. The molecule has 1 rings (SSSR count). The van der Waals surface area contributed by atoms with Crippen molar-refractivity contribution < 1.29 is 24.6 Å². The van der Waals surface area contributed by atoms with E-state index in [4.69, 9.17) is 0 Å². The van der Waals surface area contributed by atoms with Crippen LogP contribution in [0.2, 0.25) is 0 Å². The van der Waals surface area contributed by atoms with Gasteiger partial charge < -0.3 is 20.0 Å². The van der Waals surface area contributed by atoms with Crippen LogP contribution < -0.4 is 0 Å². The van der Waals surface area contributed by atoms with Crippen molar-refractivity contribution in [3.63, 3.8) is 0 Å². The Hall–Kier alpha value is -1.03. The molecule has 0 saturated heterocycles. The van der Waals surface area contributed by atoms with Gasteiger partial charge in [-0.05, 0) is 42.9 Å². The highest BCUT2D eigenvalue weighted by molar-refractivity contribution is 7.53. The highest BCUT2D eigenvalue weighted by Crippen LogP contribution is 2.59. The average molecular weight is 316 g/mol. The molecular weight excluding hydrogens is 291 g/mol. The van der Waals surface area contributed by atoms with Crippen molar-refractivity contribution in [3.05, 3.63) is 23.8 Å². The van der Waals surface area contributed by atoms with E-state index in [2.05, 4.69) is 0 Å². The third-order valence-electron chi connectivity index (χ3n) is 4.41. The Kier molecular flexibility index (Phi) is 5.14. The molecule has 0 fully saturated rings. The lowest BCUT2D eigenvalue weighted by molar-refractivity contribution is 0.271. The van der Waals surface area contributed by atoms with E-state index in [-0.39, 0.29) is 17.9 Å². The molecule has 0 saturated carbocycles. The standard InChI is InChI=1S/C15H25O5P/c1-5-15(6-2,21(18,19)20)10-14(3,4)12-9-11(16)7-8-13(12)17/h7-9,16-17H,5-6,10H2,1-4H3,(H2,18,19,20). The number of benzene rings is 1. The first kappa shape index (κ1) is 18.0. The van der Waals surface area contributed by atoms with E-state index in [0.29, 0.717) is 18.4 Å². The summed E-state index contributed by atoms with van der Waals surface area (Å²) < 4.78 is 12.0. The maximum absolute atomic E-state index is 12.0. The summed E-state index contributed by atoms with van der Waals surface area (Å²) in [6, 6.07) is 4.22. The lowest BCUT2D eigenvalue weighted by Gasteiger charge is -2.39. The quantitative estimate of drug-likeness (QED) is 0.475. The summed E-state index contributed by atoms with van der Waals surface area (Å²) in [6.07, 6.45) is 0.905. The van der Waals surface area contributed by atoms with Crippen molar-refractivity contribution in [2.75, 3.05) is 0 Å². The Morgan fingerprint density at radius 1 is 1.10 bits per heavy atom. The van der Waals surface area contributed by atoms with Gasteiger partial charge in [0.25, 0.3) is 0 Å². The summed E-state index contributed by atoms with van der Waals surface area (Å²) in [4.78, 5) is 19.5. The van der Waals surface area contributed by atoms with E-state index in [0.717, 1.165) is 0 Å². The van der Waals surface area contributed by atoms with Crippen LogP contribution in [0.25, 0.3) is 0 Å². The minimum atomic E-state index is -4.29. The molecule has 4 N–H and O–H groups in total. The molecule has 0 aliphatic carbocycles. The predicted molar refractivity (Wildman–Crippen MR) is 82.8 cm³/mol. The summed E-state index contributed by atoms with van der Waals surface area (Å²) in [5, 5.41) is 18.5. The Labute approximate surface area is 125 Å². The molecule has 0 bridgehead atoms. The van der Waals surface area contributed by atoms with Crippen LogP contribution >= 0.6 is 7.60 Å². The van der Waals surface area contributed by atoms with Crippen LogP contribution in [-0.2, 0) is 9.98 Å². The summed E-state index contributed by atoms with van der Waals surface area (Å²) in [5.41, 5.74) is -0.196. The molecule has 0 spiro atoms. The molecular formula is C15H25O5P. The molecule has 6 heteroatoms. The van der Waals surface area contributed by atoms with E-state index in [1.807, 2.05) is 13.8 Å². The fourth-order valence-electron chi connectivity index (χ4n) is 3.00. The van der Waals surface area contributed by atoms with Gasteiger partial charge in [0.2, 0.25) is 0 Å². The van der Waals surface area contributed by atoms with Crippen LogP contribution in [0.4, 0.5) is 0 Å². The van der Waals surface area contributed by atoms with E-state index in [1.165, 1.54) is 18.2 Å². The molecule has 0 atom stereocenters. The minimum absolute atomic E-state index is 0.0182. The molecule has 120 valence electrons. The highest BCUT2D eigenvalue weighted by atomic mass is 31.2. The van der Waals surface area contributed by atoms with Crippen LogP contribution in [0.15, 0.2) is 18.2 Å². The molecule has 1 aromatic carbocycles. The molecule has 5 nitrogen and oxygen atoms in total. The first-order chi connectivity index (χ1) is 9.49. The number of phenols is 2. The maximum Gasteiger partial charge on any atom is 0.331 e. The van der Waals surface area contributed by atoms with Crippen molar-refractivity contribution in [3.8, 4) is 11.5 Å². The van der Waals surface area contributed by atoms with Crippen LogP contribution in [0.1, 0.15) is 52.5 Å². The van der Waals surface area contributed by atoms with Gasteiger partial charge in [0.05, 0.1) is 5.16 Å².